The summed E-state index contributed by atoms with van der Waals surface area (Å²) >= 11 is 0. The van der Waals surface area contributed by atoms with Crippen LogP contribution in [0.4, 0.5) is 0 Å². The quantitative estimate of drug-likeness (QED) is 0.695. The minimum absolute atomic E-state index is 0.221. The van der Waals surface area contributed by atoms with E-state index in [0.29, 0.717) is 6.54 Å². The molecule has 0 aliphatic rings. The molecule has 0 atom stereocenters. The van der Waals surface area contributed by atoms with Crippen molar-refractivity contribution in [2.45, 2.75) is 12.8 Å². The average Bonchev–Trinajstić information content (AvgIpc) is 2.24. The molecule has 0 aromatic heterocycles. The van der Waals surface area contributed by atoms with Crippen molar-refractivity contribution in [2.24, 2.45) is 5.73 Å². The number of aliphatic hydroxyl groups is 1. The molecule has 3 N–H and O–H groups in total. The molecule has 0 bridgehead atoms. The van der Waals surface area contributed by atoms with E-state index in [1.54, 1.807) is 0 Å². The SMILES string of the molecule is NCC#Cc1ccccc1CCCO. The van der Waals surface area contributed by atoms with Crippen molar-refractivity contribution < 1.29 is 5.11 Å². The maximum Gasteiger partial charge on any atom is 0.0555 e. The van der Waals surface area contributed by atoms with Crippen LogP contribution in [0, 0.1) is 11.8 Å². The first-order chi connectivity index (χ1) is 6.88. The van der Waals surface area contributed by atoms with Gasteiger partial charge in [-0.3, -0.25) is 0 Å². The van der Waals surface area contributed by atoms with Gasteiger partial charge in [-0.25, -0.2) is 0 Å². The molecule has 1 aromatic carbocycles. The monoisotopic (exact) mass is 189 g/mol. The highest BCUT2D eigenvalue weighted by Gasteiger charge is 1.97. The van der Waals surface area contributed by atoms with Gasteiger partial charge in [-0.15, -0.1) is 0 Å². The lowest BCUT2D eigenvalue weighted by atomic mass is 10.0. The second kappa shape index (κ2) is 6.20. The van der Waals surface area contributed by atoms with Crippen LogP contribution in [0.5, 0.6) is 0 Å². The van der Waals surface area contributed by atoms with Gasteiger partial charge in [0, 0.05) is 12.2 Å². The third-order valence-corrected chi connectivity index (χ3v) is 1.95. The first kappa shape index (κ1) is 10.8. The number of aryl methyl sites for hydroxylation is 1. The Morgan fingerprint density at radius 1 is 1.29 bits per heavy atom. The molecule has 74 valence electrons. The van der Waals surface area contributed by atoms with Gasteiger partial charge in [0.05, 0.1) is 6.54 Å². The Labute approximate surface area is 84.8 Å². The molecule has 14 heavy (non-hydrogen) atoms. The highest BCUT2D eigenvalue weighted by atomic mass is 16.2. The van der Waals surface area contributed by atoms with E-state index >= 15 is 0 Å². The normalized spacial score (nSPS) is 9.29. The molecule has 0 saturated heterocycles. The Bertz CT molecular complexity index is 336. The standard InChI is InChI=1S/C12H15NO/c13-9-3-7-11-5-1-2-6-12(11)8-4-10-14/h1-2,5-6,14H,4,8-10,13H2. The fourth-order valence-corrected chi connectivity index (χ4v) is 1.28. The number of aliphatic hydroxyl groups excluding tert-OH is 1. The molecule has 0 unspecified atom stereocenters. The molecule has 0 aliphatic carbocycles. The van der Waals surface area contributed by atoms with Gasteiger partial charge in [0.1, 0.15) is 0 Å². The molecule has 0 amide bonds. The fourth-order valence-electron chi connectivity index (χ4n) is 1.28. The highest BCUT2D eigenvalue weighted by molar-refractivity contribution is 5.41. The second-order valence-electron chi connectivity index (χ2n) is 2.99. The van der Waals surface area contributed by atoms with Gasteiger partial charge in [-0.2, -0.15) is 0 Å². The summed E-state index contributed by atoms with van der Waals surface area (Å²) < 4.78 is 0. The summed E-state index contributed by atoms with van der Waals surface area (Å²) in [4.78, 5) is 0. The third-order valence-electron chi connectivity index (χ3n) is 1.95. The molecule has 2 nitrogen and oxygen atoms in total. The first-order valence-corrected chi connectivity index (χ1v) is 4.76. The van der Waals surface area contributed by atoms with Crippen LogP contribution in [0.1, 0.15) is 17.5 Å². The van der Waals surface area contributed by atoms with Gasteiger partial charge in [0.2, 0.25) is 0 Å². The van der Waals surface area contributed by atoms with E-state index < -0.39 is 0 Å². The fraction of sp³-hybridized carbons (Fsp3) is 0.333. The number of hydrogen-bond acceptors (Lipinski definition) is 2. The van der Waals surface area contributed by atoms with Crippen LogP contribution in [0.15, 0.2) is 24.3 Å². The van der Waals surface area contributed by atoms with Crippen LogP contribution in [0.25, 0.3) is 0 Å². The molecule has 1 aromatic rings. The summed E-state index contributed by atoms with van der Waals surface area (Å²) in [7, 11) is 0. The smallest absolute Gasteiger partial charge is 0.0555 e. The summed E-state index contributed by atoms with van der Waals surface area (Å²) in [6.07, 6.45) is 1.65. The molecule has 0 spiro atoms. The van der Waals surface area contributed by atoms with Crippen molar-refractivity contribution in [3.8, 4) is 11.8 Å². The molecule has 0 radical (unpaired) electrons. The van der Waals surface area contributed by atoms with Crippen molar-refractivity contribution in [3.63, 3.8) is 0 Å². The lowest BCUT2D eigenvalue weighted by molar-refractivity contribution is 0.288. The van der Waals surface area contributed by atoms with Crippen LogP contribution in [0.3, 0.4) is 0 Å². The van der Waals surface area contributed by atoms with E-state index in [0.717, 1.165) is 18.4 Å². The Kier molecular flexibility index (Phi) is 4.77. The Morgan fingerprint density at radius 3 is 2.79 bits per heavy atom. The highest BCUT2D eigenvalue weighted by Crippen LogP contribution is 2.09. The molecular formula is C12H15NO. The van der Waals surface area contributed by atoms with Gasteiger partial charge in [-0.1, -0.05) is 30.0 Å². The lowest BCUT2D eigenvalue weighted by Crippen LogP contribution is -1.95. The maximum absolute atomic E-state index is 8.74. The van der Waals surface area contributed by atoms with Crippen LogP contribution >= 0.6 is 0 Å². The number of nitrogens with two attached hydrogens (primary N) is 1. The topological polar surface area (TPSA) is 46.2 Å². The molecule has 2 heteroatoms. The number of rotatable bonds is 3. The summed E-state index contributed by atoms with van der Waals surface area (Å²) in [6.45, 7) is 0.604. The minimum Gasteiger partial charge on any atom is -0.396 e. The third kappa shape index (κ3) is 3.21. The Morgan fingerprint density at radius 2 is 2.07 bits per heavy atom. The van der Waals surface area contributed by atoms with E-state index in [4.69, 9.17) is 10.8 Å². The largest absolute Gasteiger partial charge is 0.396 e. The molecule has 0 fully saturated rings. The second-order valence-corrected chi connectivity index (χ2v) is 2.99. The molecule has 0 heterocycles. The van der Waals surface area contributed by atoms with Crippen LogP contribution in [-0.4, -0.2) is 18.3 Å². The number of benzene rings is 1. The molecule has 0 aliphatic heterocycles. The zero-order valence-corrected chi connectivity index (χ0v) is 8.16. The minimum atomic E-state index is 0.221. The van der Waals surface area contributed by atoms with Crippen molar-refractivity contribution >= 4 is 0 Å². The number of hydrogen-bond donors (Lipinski definition) is 2. The summed E-state index contributed by atoms with van der Waals surface area (Å²) in [6, 6.07) is 7.97. The van der Waals surface area contributed by atoms with Crippen molar-refractivity contribution in [2.75, 3.05) is 13.2 Å². The van der Waals surface area contributed by atoms with Crippen molar-refractivity contribution in [1.82, 2.24) is 0 Å². The maximum atomic E-state index is 8.74. The van der Waals surface area contributed by atoms with Gasteiger partial charge >= 0.3 is 0 Å². The summed E-state index contributed by atoms with van der Waals surface area (Å²) in [5, 5.41) is 8.74. The summed E-state index contributed by atoms with van der Waals surface area (Å²) in [5.74, 6) is 5.86. The van der Waals surface area contributed by atoms with Gasteiger partial charge in [0.25, 0.3) is 0 Å². The molecule has 1 rings (SSSR count). The van der Waals surface area contributed by atoms with E-state index in [1.165, 1.54) is 5.56 Å². The van der Waals surface area contributed by atoms with Crippen LogP contribution in [0.2, 0.25) is 0 Å². The first-order valence-electron chi connectivity index (χ1n) is 4.76. The van der Waals surface area contributed by atoms with Gasteiger partial charge in [-0.05, 0) is 24.5 Å². The van der Waals surface area contributed by atoms with E-state index in [2.05, 4.69) is 11.8 Å². The average molecular weight is 189 g/mol. The van der Waals surface area contributed by atoms with Crippen LogP contribution in [-0.2, 0) is 6.42 Å². The zero-order chi connectivity index (χ0) is 10.2. The van der Waals surface area contributed by atoms with Crippen LogP contribution < -0.4 is 5.73 Å². The zero-order valence-electron chi connectivity index (χ0n) is 8.16. The van der Waals surface area contributed by atoms with Gasteiger partial charge in [0.15, 0.2) is 0 Å². The molecular weight excluding hydrogens is 174 g/mol. The summed E-state index contributed by atoms with van der Waals surface area (Å²) in [5.41, 5.74) is 7.52. The predicted molar refractivity (Wildman–Crippen MR) is 57.8 cm³/mol. The lowest BCUT2D eigenvalue weighted by Gasteiger charge is -2.02. The van der Waals surface area contributed by atoms with Crippen molar-refractivity contribution in [1.29, 1.82) is 0 Å². The Balaban J connectivity index is 2.80. The van der Waals surface area contributed by atoms with Crippen molar-refractivity contribution in [3.05, 3.63) is 35.4 Å². The van der Waals surface area contributed by atoms with E-state index in [-0.39, 0.29) is 6.61 Å². The Hall–Kier alpha value is -1.30. The molecule has 0 saturated carbocycles. The van der Waals surface area contributed by atoms with E-state index in [9.17, 15) is 0 Å². The van der Waals surface area contributed by atoms with E-state index in [1.807, 2.05) is 24.3 Å². The van der Waals surface area contributed by atoms with Gasteiger partial charge < -0.3 is 10.8 Å². The predicted octanol–water partition coefficient (Wildman–Crippen LogP) is 0.922.